The van der Waals surface area contributed by atoms with Crippen molar-refractivity contribution in [1.29, 1.82) is 0 Å². The molecule has 0 aromatic carbocycles. The summed E-state index contributed by atoms with van der Waals surface area (Å²) in [5, 5.41) is 3.55. The predicted molar refractivity (Wildman–Crippen MR) is 103 cm³/mol. The maximum Gasteiger partial charge on any atom is 0.243 e. The molecule has 1 aliphatic carbocycles. The summed E-state index contributed by atoms with van der Waals surface area (Å²) in [5.74, 6) is 1.45. The molecule has 6 nitrogen and oxygen atoms in total. The summed E-state index contributed by atoms with van der Waals surface area (Å²) < 4.78 is 5.45. The lowest BCUT2D eigenvalue weighted by Crippen LogP contribution is -2.45. The van der Waals surface area contributed by atoms with Crippen LogP contribution in [0.3, 0.4) is 0 Å². The number of carbonyl (C=O) groups excluding carboxylic acids is 1. The molecule has 1 saturated carbocycles. The van der Waals surface area contributed by atoms with Crippen LogP contribution in [0.5, 0.6) is 0 Å². The Balaban J connectivity index is 0.00000264. The highest BCUT2D eigenvalue weighted by Crippen LogP contribution is 2.18. The number of nitrogens with one attached hydrogen (secondary N) is 1. The van der Waals surface area contributed by atoms with Crippen LogP contribution in [0.15, 0.2) is 4.99 Å². The number of halogens is 1. The maximum absolute atomic E-state index is 11.8. The summed E-state index contributed by atoms with van der Waals surface area (Å²) in [6.07, 6.45) is 6.06. The first kappa shape index (κ1) is 20.5. The number of guanidine groups is 1. The topological polar surface area (TPSA) is 57.2 Å². The first-order valence-electron chi connectivity index (χ1n) is 8.36. The van der Waals surface area contributed by atoms with Crippen molar-refractivity contribution in [2.45, 2.75) is 38.1 Å². The molecule has 1 aliphatic heterocycles. The van der Waals surface area contributed by atoms with Crippen LogP contribution in [0.4, 0.5) is 0 Å². The molecular weight excluding hydrogens is 407 g/mol. The molecule has 23 heavy (non-hydrogen) atoms. The molecule has 2 rings (SSSR count). The van der Waals surface area contributed by atoms with E-state index in [0.29, 0.717) is 12.0 Å². The molecule has 1 amide bonds. The van der Waals surface area contributed by atoms with Crippen molar-refractivity contribution in [3.63, 3.8) is 0 Å². The van der Waals surface area contributed by atoms with Gasteiger partial charge in [0.15, 0.2) is 5.96 Å². The number of carbonyl (C=O) groups is 1. The number of hydrogen-bond donors (Lipinski definition) is 1. The van der Waals surface area contributed by atoms with E-state index >= 15 is 0 Å². The van der Waals surface area contributed by atoms with Crippen LogP contribution in [0.2, 0.25) is 0 Å². The van der Waals surface area contributed by atoms with Gasteiger partial charge in [-0.3, -0.25) is 4.79 Å². The second-order valence-electron chi connectivity index (χ2n) is 6.66. The Labute approximate surface area is 157 Å². The predicted octanol–water partition coefficient (Wildman–Crippen LogP) is 1.55. The van der Waals surface area contributed by atoms with Crippen molar-refractivity contribution in [2.75, 3.05) is 47.4 Å². The van der Waals surface area contributed by atoms with Crippen molar-refractivity contribution in [1.82, 2.24) is 15.1 Å². The van der Waals surface area contributed by atoms with E-state index in [9.17, 15) is 4.79 Å². The lowest BCUT2D eigenvalue weighted by Gasteiger charge is -2.27. The molecule has 1 atom stereocenters. The van der Waals surface area contributed by atoms with Crippen LogP contribution in [0.25, 0.3) is 0 Å². The van der Waals surface area contributed by atoms with Gasteiger partial charge < -0.3 is 19.9 Å². The average molecular weight is 438 g/mol. The Morgan fingerprint density at radius 1 is 1.22 bits per heavy atom. The minimum absolute atomic E-state index is 0. The van der Waals surface area contributed by atoms with Crippen LogP contribution in [-0.2, 0) is 9.53 Å². The van der Waals surface area contributed by atoms with Crippen molar-refractivity contribution in [3.8, 4) is 0 Å². The third-order valence-electron chi connectivity index (χ3n) is 4.47. The molecule has 1 heterocycles. The largest absolute Gasteiger partial charge is 0.381 e. The van der Waals surface area contributed by atoms with Crippen LogP contribution in [0.1, 0.15) is 32.1 Å². The monoisotopic (exact) mass is 438 g/mol. The Morgan fingerprint density at radius 2 is 1.91 bits per heavy atom. The summed E-state index contributed by atoms with van der Waals surface area (Å²) in [5.41, 5.74) is 0. The fourth-order valence-corrected chi connectivity index (χ4v) is 3.01. The fraction of sp³-hybridized carbons (Fsp3) is 0.875. The Bertz CT molecular complexity index is 392. The molecule has 2 fully saturated rings. The minimum Gasteiger partial charge on any atom is -0.381 e. The molecule has 1 saturated heterocycles. The van der Waals surface area contributed by atoms with Crippen molar-refractivity contribution in [2.24, 2.45) is 10.9 Å². The van der Waals surface area contributed by atoms with Gasteiger partial charge in [-0.2, -0.15) is 0 Å². The molecule has 134 valence electrons. The van der Waals surface area contributed by atoms with E-state index in [0.717, 1.165) is 32.1 Å². The van der Waals surface area contributed by atoms with Gasteiger partial charge >= 0.3 is 0 Å². The van der Waals surface area contributed by atoms with Crippen LogP contribution in [0, 0.1) is 5.92 Å². The molecule has 0 bridgehead atoms. The third kappa shape index (κ3) is 6.82. The average Bonchev–Trinajstić information content (AvgIpc) is 3.15. The molecule has 7 heteroatoms. The number of rotatable bonds is 5. The quantitative estimate of drug-likeness (QED) is 0.402. The van der Waals surface area contributed by atoms with Gasteiger partial charge in [-0.25, -0.2) is 4.99 Å². The van der Waals surface area contributed by atoms with Crippen molar-refractivity contribution >= 4 is 35.8 Å². The van der Waals surface area contributed by atoms with Gasteiger partial charge in [-0.15, -0.1) is 24.0 Å². The zero-order chi connectivity index (χ0) is 15.9. The third-order valence-corrected chi connectivity index (χ3v) is 4.47. The van der Waals surface area contributed by atoms with E-state index in [-0.39, 0.29) is 36.4 Å². The number of nitrogens with zero attached hydrogens (tertiary/aromatic N) is 3. The summed E-state index contributed by atoms with van der Waals surface area (Å²) in [7, 11) is 5.59. The highest BCUT2D eigenvalue weighted by molar-refractivity contribution is 14.0. The van der Waals surface area contributed by atoms with Gasteiger partial charge in [-0.1, -0.05) is 12.8 Å². The van der Waals surface area contributed by atoms with Gasteiger partial charge in [0.1, 0.15) is 6.54 Å². The van der Waals surface area contributed by atoms with E-state index < -0.39 is 0 Å². The minimum atomic E-state index is 0. The lowest BCUT2D eigenvalue weighted by molar-refractivity contribution is -0.127. The van der Waals surface area contributed by atoms with E-state index in [1.807, 2.05) is 0 Å². The lowest BCUT2D eigenvalue weighted by atomic mass is 10.1. The number of amides is 1. The standard InChI is InChI=1S/C16H30N4O2.HI/c1-19(2)15(21)10-17-16(18-14-6-4-5-7-14)20(3)11-13-8-9-22-12-13;/h13-14H,4-12H2,1-3H3,(H,17,18);1H. The van der Waals surface area contributed by atoms with Crippen LogP contribution >= 0.6 is 24.0 Å². The summed E-state index contributed by atoms with van der Waals surface area (Å²) >= 11 is 0. The molecule has 0 aromatic heterocycles. The second kappa shape index (κ2) is 10.3. The van der Waals surface area contributed by atoms with Gasteiger partial charge in [0, 0.05) is 46.3 Å². The van der Waals surface area contributed by atoms with E-state index in [1.54, 1.807) is 19.0 Å². The summed E-state index contributed by atoms with van der Waals surface area (Å²) in [6.45, 7) is 2.82. The molecule has 1 unspecified atom stereocenters. The van der Waals surface area contributed by atoms with Gasteiger partial charge in [-0.05, 0) is 19.3 Å². The van der Waals surface area contributed by atoms with Gasteiger partial charge in [0.2, 0.25) is 5.91 Å². The number of aliphatic imine (C=N–C) groups is 1. The highest BCUT2D eigenvalue weighted by Gasteiger charge is 2.22. The number of ether oxygens (including phenoxy) is 1. The molecule has 2 aliphatic rings. The van der Waals surface area contributed by atoms with Gasteiger partial charge in [0.05, 0.1) is 6.61 Å². The fourth-order valence-electron chi connectivity index (χ4n) is 3.01. The molecule has 0 aromatic rings. The van der Waals surface area contributed by atoms with Crippen LogP contribution in [-0.4, -0.2) is 75.2 Å². The first-order chi connectivity index (χ1) is 10.6. The Morgan fingerprint density at radius 3 is 2.48 bits per heavy atom. The molecule has 0 radical (unpaired) electrons. The van der Waals surface area contributed by atoms with Crippen LogP contribution < -0.4 is 5.32 Å². The molecule has 1 N–H and O–H groups in total. The van der Waals surface area contributed by atoms with Crippen molar-refractivity contribution < 1.29 is 9.53 Å². The van der Waals surface area contributed by atoms with Crippen molar-refractivity contribution in [3.05, 3.63) is 0 Å². The number of hydrogen-bond acceptors (Lipinski definition) is 3. The Kier molecular flexibility index (Phi) is 9.19. The van der Waals surface area contributed by atoms with Gasteiger partial charge in [0.25, 0.3) is 0 Å². The smallest absolute Gasteiger partial charge is 0.243 e. The molecule has 0 spiro atoms. The zero-order valence-corrected chi connectivity index (χ0v) is 16.9. The van der Waals surface area contributed by atoms with E-state index in [1.165, 1.54) is 25.7 Å². The normalized spacial score (nSPS) is 21.9. The molecular formula is C16H31IN4O2. The zero-order valence-electron chi connectivity index (χ0n) is 14.6. The Hall–Kier alpha value is -0.570. The number of likely N-dealkylation sites (N-methyl/N-ethyl adjacent to an activating group) is 1. The van der Waals surface area contributed by atoms with E-state index in [2.05, 4.69) is 22.3 Å². The summed E-state index contributed by atoms with van der Waals surface area (Å²) in [4.78, 5) is 20.1. The SMILES string of the molecule is CN(C)C(=O)CN=C(NC1CCCC1)N(C)CC1CCOC1.I. The first-order valence-corrected chi connectivity index (χ1v) is 8.36. The van der Waals surface area contributed by atoms with E-state index in [4.69, 9.17) is 4.74 Å². The maximum atomic E-state index is 11.8. The second-order valence-corrected chi connectivity index (χ2v) is 6.66. The summed E-state index contributed by atoms with van der Waals surface area (Å²) in [6, 6.07) is 0.496. The highest BCUT2D eigenvalue weighted by atomic mass is 127.